The van der Waals surface area contributed by atoms with Crippen LogP contribution in [0, 0.1) is 20.8 Å². The molecule has 0 fully saturated rings. The number of H-pyrrole nitrogens is 1. The molecule has 1 aromatic carbocycles. The molecule has 0 aliphatic heterocycles. The van der Waals surface area contributed by atoms with Crippen molar-refractivity contribution < 1.29 is 9.90 Å². The lowest BCUT2D eigenvalue weighted by molar-refractivity contribution is -0.117. The molecule has 2 rings (SSSR count). The second kappa shape index (κ2) is 8.08. The summed E-state index contributed by atoms with van der Waals surface area (Å²) >= 11 is 0. The molecule has 0 aliphatic carbocycles. The molecule has 0 saturated heterocycles. The molecule has 1 aromatic heterocycles. The average molecular weight is 330 g/mol. The third-order valence-corrected chi connectivity index (χ3v) is 4.10. The highest BCUT2D eigenvalue weighted by atomic mass is 16.3. The maximum atomic E-state index is 12.3. The summed E-state index contributed by atoms with van der Waals surface area (Å²) in [4.78, 5) is 14.2. The molecule has 0 aliphatic rings. The van der Waals surface area contributed by atoms with E-state index in [0.717, 1.165) is 28.2 Å². The van der Waals surface area contributed by atoms with Crippen LogP contribution in [0.25, 0.3) is 0 Å². The molecule has 0 spiro atoms. The molecule has 130 valence electrons. The van der Waals surface area contributed by atoms with Crippen LogP contribution in [0.5, 0.6) is 0 Å². The number of aliphatic hydroxyl groups excluding tert-OH is 1. The molecule has 1 atom stereocenters. The van der Waals surface area contributed by atoms with Crippen molar-refractivity contribution in [2.24, 2.45) is 0 Å². The molecule has 2 aromatic rings. The molecular weight excluding hydrogens is 304 g/mol. The number of hydrogen-bond donors (Lipinski definition) is 3. The zero-order valence-electron chi connectivity index (χ0n) is 14.8. The van der Waals surface area contributed by atoms with Crippen LogP contribution in [0.15, 0.2) is 24.3 Å². The van der Waals surface area contributed by atoms with E-state index >= 15 is 0 Å². The Labute approximate surface area is 142 Å². The maximum Gasteiger partial charge on any atom is 0.238 e. The number of nitrogens with one attached hydrogen (secondary N) is 2. The molecule has 0 bridgehead atoms. The molecule has 24 heavy (non-hydrogen) atoms. The molecule has 0 radical (unpaired) electrons. The highest BCUT2D eigenvalue weighted by molar-refractivity contribution is 5.93. The zero-order valence-corrected chi connectivity index (χ0v) is 14.8. The van der Waals surface area contributed by atoms with Gasteiger partial charge in [0, 0.05) is 6.54 Å². The monoisotopic (exact) mass is 330 g/mol. The molecule has 1 heterocycles. The van der Waals surface area contributed by atoms with Crippen molar-refractivity contribution in [1.29, 1.82) is 0 Å². The first-order valence-corrected chi connectivity index (χ1v) is 8.19. The number of aliphatic hydroxyl groups is 1. The second-order valence-corrected chi connectivity index (χ2v) is 6.11. The van der Waals surface area contributed by atoms with E-state index in [1.165, 1.54) is 0 Å². The maximum absolute atomic E-state index is 12.3. The predicted octanol–water partition coefficient (Wildman–Crippen LogP) is 2.33. The number of hydrogen-bond acceptors (Lipinski definition) is 4. The summed E-state index contributed by atoms with van der Waals surface area (Å²) in [5.74, 6) is -0.111. The Balaban J connectivity index is 1.93. The number of nitrogens with zero attached hydrogens (tertiary/aromatic N) is 2. The van der Waals surface area contributed by atoms with Crippen molar-refractivity contribution in [3.05, 3.63) is 46.8 Å². The summed E-state index contributed by atoms with van der Waals surface area (Å²) in [5, 5.41) is 20.2. The lowest BCUT2D eigenvalue weighted by atomic mass is 10.1. The van der Waals surface area contributed by atoms with Crippen LogP contribution in [-0.4, -0.2) is 45.7 Å². The number of aromatic amines is 1. The normalized spacial score (nSPS) is 12.4. The van der Waals surface area contributed by atoms with Crippen molar-refractivity contribution in [1.82, 2.24) is 15.1 Å². The van der Waals surface area contributed by atoms with Crippen molar-refractivity contribution >= 4 is 11.6 Å². The van der Waals surface area contributed by atoms with Crippen LogP contribution >= 0.6 is 0 Å². The Hall–Kier alpha value is -2.18. The van der Waals surface area contributed by atoms with Gasteiger partial charge in [-0.15, -0.1) is 0 Å². The van der Waals surface area contributed by atoms with Gasteiger partial charge in [-0.25, -0.2) is 0 Å². The lowest BCUT2D eigenvalue weighted by Crippen LogP contribution is -2.36. The van der Waals surface area contributed by atoms with Crippen LogP contribution in [0.4, 0.5) is 5.69 Å². The van der Waals surface area contributed by atoms with Gasteiger partial charge in [0.25, 0.3) is 0 Å². The van der Waals surface area contributed by atoms with E-state index in [2.05, 4.69) is 15.5 Å². The third kappa shape index (κ3) is 4.66. The minimum atomic E-state index is -0.615. The summed E-state index contributed by atoms with van der Waals surface area (Å²) in [6.45, 7) is 9.02. The summed E-state index contributed by atoms with van der Waals surface area (Å²) < 4.78 is 0. The van der Waals surface area contributed by atoms with Gasteiger partial charge in [-0.05, 0) is 32.9 Å². The van der Waals surface area contributed by atoms with E-state index in [-0.39, 0.29) is 12.5 Å². The minimum Gasteiger partial charge on any atom is -0.387 e. The predicted molar refractivity (Wildman–Crippen MR) is 94.9 cm³/mol. The van der Waals surface area contributed by atoms with E-state index in [4.69, 9.17) is 0 Å². The number of aromatic nitrogens is 2. The Bertz CT molecular complexity index is 659. The minimum absolute atomic E-state index is 0.111. The van der Waals surface area contributed by atoms with Crippen molar-refractivity contribution in [2.75, 3.05) is 25.0 Å². The fraction of sp³-hybridized carbons (Fsp3) is 0.444. The molecule has 3 N–H and O–H groups in total. The number of anilines is 1. The van der Waals surface area contributed by atoms with E-state index in [9.17, 15) is 9.90 Å². The number of aryl methyl sites for hydroxylation is 3. The van der Waals surface area contributed by atoms with Crippen LogP contribution in [0.1, 0.15) is 35.5 Å². The number of likely N-dealkylation sites (N-methyl/N-ethyl adjacent to an activating group) is 1. The molecule has 6 nitrogen and oxygen atoms in total. The van der Waals surface area contributed by atoms with Gasteiger partial charge in [-0.1, -0.05) is 36.8 Å². The summed E-state index contributed by atoms with van der Waals surface area (Å²) in [6, 6.07) is 7.80. The standard InChI is InChI=1S/C18H26N4O2/c1-5-22(10-16(23)15-8-6-12(2)7-9-15)11-17(24)19-18-13(3)20-21-14(18)4/h6-9,16,23H,5,10-11H2,1-4H3,(H,19,24)(H,20,21). The van der Waals surface area contributed by atoms with Gasteiger partial charge in [0.2, 0.25) is 5.91 Å². The lowest BCUT2D eigenvalue weighted by Gasteiger charge is -2.23. The number of amides is 1. The summed E-state index contributed by atoms with van der Waals surface area (Å²) in [6.07, 6.45) is -0.615. The highest BCUT2D eigenvalue weighted by Crippen LogP contribution is 2.17. The number of carbonyl (C=O) groups is 1. The Kier molecular flexibility index (Phi) is 6.11. The van der Waals surface area contributed by atoms with Gasteiger partial charge in [0.05, 0.1) is 29.7 Å². The van der Waals surface area contributed by atoms with Crippen LogP contribution < -0.4 is 5.32 Å². The smallest absolute Gasteiger partial charge is 0.238 e. The molecule has 1 amide bonds. The number of benzene rings is 1. The molecule has 1 unspecified atom stereocenters. The highest BCUT2D eigenvalue weighted by Gasteiger charge is 2.17. The topological polar surface area (TPSA) is 81.2 Å². The van der Waals surface area contributed by atoms with E-state index < -0.39 is 6.10 Å². The van der Waals surface area contributed by atoms with Gasteiger partial charge in [-0.2, -0.15) is 5.10 Å². The Morgan fingerprint density at radius 2 is 1.96 bits per heavy atom. The fourth-order valence-electron chi connectivity index (χ4n) is 2.56. The number of rotatable bonds is 7. The van der Waals surface area contributed by atoms with E-state index in [1.54, 1.807) is 0 Å². The van der Waals surface area contributed by atoms with E-state index in [1.807, 2.05) is 56.9 Å². The number of carbonyl (C=O) groups excluding carboxylic acids is 1. The van der Waals surface area contributed by atoms with Crippen molar-refractivity contribution in [3.63, 3.8) is 0 Å². The van der Waals surface area contributed by atoms with Crippen LogP contribution in [-0.2, 0) is 4.79 Å². The van der Waals surface area contributed by atoms with Gasteiger partial charge in [0.1, 0.15) is 0 Å². The summed E-state index contributed by atoms with van der Waals surface area (Å²) in [5.41, 5.74) is 4.35. The Morgan fingerprint density at radius 3 is 2.50 bits per heavy atom. The molecule has 0 saturated carbocycles. The van der Waals surface area contributed by atoms with Crippen LogP contribution in [0.3, 0.4) is 0 Å². The van der Waals surface area contributed by atoms with Crippen molar-refractivity contribution in [3.8, 4) is 0 Å². The Morgan fingerprint density at radius 1 is 1.29 bits per heavy atom. The molecular formula is C18H26N4O2. The van der Waals surface area contributed by atoms with E-state index in [0.29, 0.717) is 13.1 Å². The van der Waals surface area contributed by atoms with Gasteiger partial charge in [0.15, 0.2) is 0 Å². The average Bonchev–Trinajstić information content (AvgIpc) is 2.86. The third-order valence-electron chi connectivity index (χ3n) is 4.10. The first kappa shape index (κ1) is 18.2. The first-order valence-electron chi connectivity index (χ1n) is 8.19. The largest absolute Gasteiger partial charge is 0.387 e. The quantitative estimate of drug-likeness (QED) is 0.728. The van der Waals surface area contributed by atoms with Crippen molar-refractivity contribution in [2.45, 2.75) is 33.8 Å². The SMILES string of the molecule is CCN(CC(=O)Nc1c(C)n[nH]c1C)CC(O)c1ccc(C)cc1. The zero-order chi connectivity index (χ0) is 17.7. The first-order chi connectivity index (χ1) is 11.4. The van der Waals surface area contributed by atoms with Gasteiger partial charge in [-0.3, -0.25) is 14.8 Å². The van der Waals surface area contributed by atoms with Gasteiger partial charge >= 0.3 is 0 Å². The van der Waals surface area contributed by atoms with Crippen LogP contribution in [0.2, 0.25) is 0 Å². The molecule has 6 heteroatoms. The summed E-state index contributed by atoms with van der Waals surface area (Å²) in [7, 11) is 0. The van der Waals surface area contributed by atoms with Gasteiger partial charge < -0.3 is 10.4 Å². The second-order valence-electron chi connectivity index (χ2n) is 6.11. The fourth-order valence-corrected chi connectivity index (χ4v) is 2.56.